The topological polar surface area (TPSA) is 59.0 Å². The average Bonchev–Trinajstić information content (AvgIpc) is 2.74. The Labute approximate surface area is 183 Å². The van der Waals surface area contributed by atoms with Gasteiger partial charge < -0.3 is 4.90 Å². The summed E-state index contributed by atoms with van der Waals surface area (Å²) >= 11 is 1.35. The molecule has 0 spiro atoms. The highest BCUT2D eigenvalue weighted by atomic mass is 32.2. The molecule has 0 aliphatic carbocycles. The third-order valence-corrected chi connectivity index (χ3v) is 5.70. The van der Waals surface area contributed by atoms with Crippen LogP contribution in [0.1, 0.15) is 34.6 Å². The van der Waals surface area contributed by atoms with Crippen LogP contribution in [0.15, 0.2) is 65.8 Å². The van der Waals surface area contributed by atoms with E-state index in [4.69, 9.17) is 4.98 Å². The fourth-order valence-corrected chi connectivity index (χ4v) is 4.24. The lowest BCUT2D eigenvalue weighted by Gasteiger charge is -2.32. The van der Waals surface area contributed by atoms with E-state index >= 15 is 0 Å². The van der Waals surface area contributed by atoms with Crippen molar-refractivity contribution in [2.24, 2.45) is 0 Å². The highest BCUT2D eigenvalue weighted by molar-refractivity contribution is 8.00. The fraction of sp³-hybridized carbons (Fsp3) is 0.333. The minimum atomic E-state index is -0.303. The summed E-state index contributed by atoms with van der Waals surface area (Å²) in [5, 5.41) is 9.04. The van der Waals surface area contributed by atoms with Gasteiger partial charge in [0.05, 0.1) is 5.25 Å². The summed E-state index contributed by atoms with van der Waals surface area (Å²) in [6, 6.07) is 20.2. The molecular formula is C24H28N4OS. The maximum absolute atomic E-state index is 13.0. The Kier molecular flexibility index (Phi) is 7.21. The van der Waals surface area contributed by atoms with E-state index in [1.54, 1.807) is 0 Å². The van der Waals surface area contributed by atoms with Crippen molar-refractivity contribution in [2.75, 3.05) is 0 Å². The summed E-state index contributed by atoms with van der Waals surface area (Å²) in [5.41, 5.74) is 3.43. The van der Waals surface area contributed by atoms with Crippen LogP contribution < -0.4 is 0 Å². The van der Waals surface area contributed by atoms with Crippen molar-refractivity contribution >= 4 is 17.7 Å². The molecule has 1 amide bonds. The first kappa shape index (κ1) is 22.0. The number of benzene rings is 2. The zero-order chi connectivity index (χ0) is 21.7. The lowest BCUT2D eigenvalue weighted by molar-refractivity contribution is -0.133. The molecule has 6 heteroatoms. The van der Waals surface area contributed by atoms with Crippen molar-refractivity contribution in [2.45, 2.75) is 57.1 Å². The lowest BCUT2D eigenvalue weighted by Crippen LogP contribution is -2.45. The van der Waals surface area contributed by atoms with Gasteiger partial charge in [-0.1, -0.05) is 72.4 Å². The number of hydrogen-bond donors (Lipinski definition) is 0. The number of hydrogen-bond acceptors (Lipinski definition) is 5. The van der Waals surface area contributed by atoms with Crippen LogP contribution in [0.5, 0.6) is 0 Å². The van der Waals surface area contributed by atoms with Crippen molar-refractivity contribution in [1.29, 1.82) is 0 Å². The summed E-state index contributed by atoms with van der Waals surface area (Å²) in [4.78, 5) is 19.7. The molecule has 0 bridgehead atoms. The van der Waals surface area contributed by atoms with Crippen LogP contribution in [-0.4, -0.2) is 43.3 Å². The van der Waals surface area contributed by atoms with Gasteiger partial charge in [-0.3, -0.25) is 4.79 Å². The monoisotopic (exact) mass is 420 g/mol. The second-order valence-electron chi connectivity index (χ2n) is 7.72. The second-order valence-corrected chi connectivity index (χ2v) is 9.02. The van der Waals surface area contributed by atoms with Crippen LogP contribution in [-0.2, 0) is 4.79 Å². The molecule has 30 heavy (non-hydrogen) atoms. The highest BCUT2D eigenvalue weighted by Gasteiger charge is 2.27. The van der Waals surface area contributed by atoms with Crippen LogP contribution in [0, 0.1) is 0 Å². The quantitative estimate of drug-likeness (QED) is 0.483. The van der Waals surface area contributed by atoms with Gasteiger partial charge in [0.1, 0.15) is 11.4 Å². The first-order chi connectivity index (χ1) is 14.4. The van der Waals surface area contributed by atoms with E-state index in [9.17, 15) is 4.79 Å². The Morgan fingerprint density at radius 2 is 1.27 bits per heavy atom. The molecule has 2 aromatic carbocycles. The van der Waals surface area contributed by atoms with E-state index < -0.39 is 0 Å². The SMILES string of the molecule is CC(Sc1nnc(-c2ccccc2)c(-c2ccccc2)n1)C(=O)N(C(C)C)C(C)C. The molecule has 0 N–H and O–H groups in total. The molecule has 3 aromatic rings. The molecule has 3 rings (SSSR count). The molecule has 0 fully saturated rings. The number of amides is 1. The van der Waals surface area contributed by atoms with E-state index in [-0.39, 0.29) is 23.2 Å². The number of nitrogens with zero attached hydrogens (tertiary/aromatic N) is 4. The summed E-state index contributed by atoms with van der Waals surface area (Å²) in [5.74, 6) is 0.0852. The van der Waals surface area contributed by atoms with Gasteiger partial charge in [-0.25, -0.2) is 4.98 Å². The lowest BCUT2D eigenvalue weighted by atomic mass is 10.0. The van der Waals surface area contributed by atoms with Crippen LogP contribution in [0.2, 0.25) is 0 Å². The van der Waals surface area contributed by atoms with Crippen molar-refractivity contribution in [3.63, 3.8) is 0 Å². The molecule has 5 nitrogen and oxygen atoms in total. The first-order valence-corrected chi connectivity index (χ1v) is 11.1. The average molecular weight is 421 g/mol. The summed E-state index contributed by atoms with van der Waals surface area (Å²) in [6.45, 7) is 10.1. The van der Waals surface area contributed by atoms with Crippen LogP contribution in [0.25, 0.3) is 22.5 Å². The summed E-state index contributed by atoms with van der Waals surface area (Å²) in [6.07, 6.45) is 0. The van der Waals surface area contributed by atoms with Crippen molar-refractivity contribution in [3.8, 4) is 22.5 Å². The standard InChI is InChI=1S/C24H28N4OS/c1-16(2)28(17(3)4)23(29)18(5)30-24-25-21(19-12-8-6-9-13-19)22(26-27-24)20-14-10-7-11-15-20/h6-18H,1-5H3. The minimum Gasteiger partial charge on any atom is -0.337 e. The third-order valence-electron chi connectivity index (χ3n) is 4.76. The van der Waals surface area contributed by atoms with Gasteiger partial charge in [-0.15, -0.1) is 10.2 Å². The van der Waals surface area contributed by atoms with Crippen molar-refractivity contribution in [3.05, 3.63) is 60.7 Å². The maximum Gasteiger partial charge on any atom is 0.236 e. The third kappa shape index (κ3) is 5.05. The Morgan fingerprint density at radius 3 is 1.77 bits per heavy atom. The Balaban J connectivity index is 1.94. The second kappa shape index (κ2) is 9.85. The number of aromatic nitrogens is 3. The number of rotatable bonds is 7. The maximum atomic E-state index is 13.0. The molecule has 1 aromatic heterocycles. The number of thioether (sulfide) groups is 1. The predicted molar refractivity (Wildman–Crippen MR) is 123 cm³/mol. The molecule has 0 saturated heterocycles. The minimum absolute atomic E-state index is 0.0852. The van der Waals surface area contributed by atoms with Gasteiger partial charge in [0.25, 0.3) is 0 Å². The Bertz CT molecular complexity index is 969. The molecular weight excluding hydrogens is 392 g/mol. The number of carbonyl (C=O) groups is 1. The molecule has 0 radical (unpaired) electrons. The van der Waals surface area contributed by atoms with E-state index in [2.05, 4.69) is 10.2 Å². The van der Waals surface area contributed by atoms with Gasteiger partial charge in [0.2, 0.25) is 11.1 Å². The zero-order valence-electron chi connectivity index (χ0n) is 18.1. The van der Waals surface area contributed by atoms with E-state index in [0.717, 1.165) is 22.5 Å². The zero-order valence-corrected chi connectivity index (χ0v) is 18.9. The van der Waals surface area contributed by atoms with Gasteiger partial charge in [-0.2, -0.15) is 0 Å². The van der Waals surface area contributed by atoms with Crippen LogP contribution >= 0.6 is 11.8 Å². The molecule has 1 atom stereocenters. The molecule has 0 saturated carbocycles. The van der Waals surface area contributed by atoms with Crippen LogP contribution in [0.4, 0.5) is 0 Å². The Hall–Kier alpha value is -2.73. The smallest absolute Gasteiger partial charge is 0.236 e. The van der Waals surface area contributed by atoms with Gasteiger partial charge in [0, 0.05) is 23.2 Å². The molecule has 1 unspecified atom stereocenters. The number of carbonyl (C=O) groups excluding carboxylic acids is 1. The largest absolute Gasteiger partial charge is 0.337 e. The summed E-state index contributed by atoms with van der Waals surface area (Å²) in [7, 11) is 0. The predicted octanol–water partition coefficient (Wildman–Crippen LogP) is 5.33. The highest BCUT2D eigenvalue weighted by Crippen LogP contribution is 2.31. The van der Waals surface area contributed by atoms with Crippen LogP contribution in [0.3, 0.4) is 0 Å². The Morgan fingerprint density at radius 1 is 0.767 bits per heavy atom. The van der Waals surface area contributed by atoms with Gasteiger partial charge in [-0.05, 0) is 34.6 Å². The van der Waals surface area contributed by atoms with Gasteiger partial charge in [0.15, 0.2) is 0 Å². The first-order valence-electron chi connectivity index (χ1n) is 10.2. The van der Waals surface area contributed by atoms with Crippen molar-refractivity contribution < 1.29 is 4.79 Å². The normalized spacial score (nSPS) is 12.2. The molecule has 0 aliphatic rings. The van der Waals surface area contributed by atoms with Crippen molar-refractivity contribution in [1.82, 2.24) is 20.1 Å². The molecule has 1 heterocycles. The molecule has 156 valence electrons. The van der Waals surface area contributed by atoms with E-state index in [1.807, 2.05) is 100 Å². The van der Waals surface area contributed by atoms with Gasteiger partial charge >= 0.3 is 0 Å². The molecule has 0 aliphatic heterocycles. The van der Waals surface area contributed by atoms with E-state index in [1.165, 1.54) is 11.8 Å². The van der Waals surface area contributed by atoms with E-state index in [0.29, 0.717) is 5.16 Å². The fourth-order valence-electron chi connectivity index (χ4n) is 3.47. The summed E-state index contributed by atoms with van der Waals surface area (Å²) < 4.78 is 0.